The van der Waals surface area contributed by atoms with Gasteiger partial charge in [0.25, 0.3) is 5.91 Å². The van der Waals surface area contributed by atoms with Crippen molar-refractivity contribution in [3.8, 4) is 0 Å². The Labute approximate surface area is 181 Å². The van der Waals surface area contributed by atoms with Gasteiger partial charge in [0.1, 0.15) is 23.7 Å². The molecule has 2 N–H and O–H groups in total. The van der Waals surface area contributed by atoms with E-state index >= 15 is 0 Å². The molecule has 164 valence electrons. The van der Waals surface area contributed by atoms with E-state index in [9.17, 15) is 19.2 Å². The molecule has 1 unspecified atom stereocenters. The second-order valence-electron chi connectivity index (χ2n) is 7.50. The minimum absolute atomic E-state index is 0.0103. The van der Waals surface area contributed by atoms with Gasteiger partial charge in [-0.15, -0.1) is 0 Å². The molecule has 1 heterocycles. The molecule has 2 rings (SSSR count). The summed E-state index contributed by atoms with van der Waals surface area (Å²) < 4.78 is 4.62. The predicted octanol–water partition coefficient (Wildman–Crippen LogP) is 1.94. The largest absolute Gasteiger partial charge is 0.464 e. The average molecular weight is 425 g/mol. The van der Waals surface area contributed by atoms with Crippen LogP contribution >= 0.6 is 0 Å². The number of nitrogens with zero attached hydrogens (tertiary/aromatic N) is 1. The molecule has 8 heteroatoms. The van der Waals surface area contributed by atoms with E-state index in [-0.39, 0.29) is 17.3 Å². The number of methoxy groups -OCH3 is 1. The molecule has 0 bridgehead atoms. The van der Waals surface area contributed by atoms with E-state index in [1.54, 1.807) is 0 Å². The number of rotatable bonds is 10. The van der Waals surface area contributed by atoms with Crippen molar-refractivity contribution in [1.29, 1.82) is 0 Å². The van der Waals surface area contributed by atoms with Crippen LogP contribution in [0.25, 0.3) is 0 Å². The molecule has 8 nitrogen and oxygen atoms in total. The van der Waals surface area contributed by atoms with E-state index in [2.05, 4.69) is 20.4 Å². The molecule has 2 amide bonds. The van der Waals surface area contributed by atoms with Gasteiger partial charge in [-0.05, 0) is 36.5 Å². The SMILES string of the molecule is COC(=O)c1cccc(C(=O)N[C@@H](CC(C)C)C(=O)NC(C=O)Cc2ccccc2)n1. The summed E-state index contributed by atoms with van der Waals surface area (Å²) in [5, 5.41) is 5.36. The summed E-state index contributed by atoms with van der Waals surface area (Å²) >= 11 is 0. The van der Waals surface area contributed by atoms with E-state index in [1.807, 2.05) is 44.2 Å². The highest BCUT2D eigenvalue weighted by Gasteiger charge is 2.25. The van der Waals surface area contributed by atoms with Crippen molar-refractivity contribution in [3.63, 3.8) is 0 Å². The number of amides is 2. The first kappa shape index (κ1) is 23.7. The summed E-state index contributed by atoms with van der Waals surface area (Å²) in [6, 6.07) is 12.1. The number of ether oxygens (including phenoxy) is 1. The Bertz CT molecular complexity index is 914. The fraction of sp³-hybridized carbons (Fsp3) is 0.348. The van der Waals surface area contributed by atoms with Crippen LogP contribution in [0.1, 0.15) is 46.8 Å². The van der Waals surface area contributed by atoms with Gasteiger partial charge in [0, 0.05) is 0 Å². The fourth-order valence-corrected chi connectivity index (χ4v) is 3.00. The Morgan fingerprint density at radius 2 is 1.68 bits per heavy atom. The number of benzene rings is 1. The molecule has 0 spiro atoms. The number of pyridine rings is 1. The van der Waals surface area contributed by atoms with Crippen LogP contribution in [0.4, 0.5) is 0 Å². The Morgan fingerprint density at radius 1 is 1.00 bits per heavy atom. The van der Waals surface area contributed by atoms with Crippen molar-refractivity contribution >= 4 is 24.1 Å². The molecule has 1 aromatic carbocycles. The highest BCUT2D eigenvalue weighted by atomic mass is 16.5. The van der Waals surface area contributed by atoms with Crippen LogP contribution in [0.15, 0.2) is 48.5 Å². The standard InChI is InChI=1S/C23H27N3O5/c1-15(2)12-20(22(29)24-17(14-27)13-16-8-5-4-6-9-16)26-21(28)18-10-7-11-19(25-18)23(30)31-3/h4-11,14-15,17,20H,12-13H2,1-3H3,(H,24,29)(H,26,28)/t17?,20-/m0/s1. The van der Waals surface area contributed by atoms with Crippen LogP contribution in [0, 0.1) is 5.92 Å². The number of hydrogen-bond donors (Lipinski definition) is 2. The minimum Gasteiger partial charge on any atom is -0.464 e. The summed E-state index contributed by atoms with van der Waals surface area (Å²) in [5.41, 5.74) is 0.887. The molecule has 0 saturated carbocycles. The van der Waals surface area contributed by atoms with Crippen LogP contribution in [-0.4, -0.2) is 48.2 Å². The van der Waals surface area contributed by atoms with Gasteiger partial charge >= 0.3 is 5.97 Å². The molecular formula is C23H27N3O5. The summed E-state index contributed by atoms with van der Waals surface area (Å²) in [6.07, 6.45) is 1.40. The number of nitrogens with one attached hydrogen (secondary N) is 2. The number of carbonyl (C=O) groups excluding carboxylic acids is 4. The summed E-state index contributed by atoms with van der Waals surface area (Å²) in [7, 11) is 1.22. The Balaban J connectivity index is 2.11. The molecule has 31 heavy (non-hydrogen) atoms. The maximum Gasteiger partial charge on any atom is 0.356 e. The van der Waals surface area contributed by atoms with Gasteiger partial charge in [0.15, 0.2) is 0 Å². The van der Waals surface area contributed by atoms with E-state index in [4.69, 9.17) is 0 Å². The highest BCUT2D eigenvalue weighted by Crippen LogP contribution is 2.09. The Morgan fingerprint density at radius 3 is 2.29 bits per heavy atom. The van der Waals surface area contributed by atoms with Crippen molar-refractivity contribution in [3.05, 3.63) is 65.5 Å². The van der Waals surface area contributed by atoms with Crippen LogP contribution in [0.2, 0.25) is 0 Å². The second kappa shape index (κ2) is 11.6. The molecule has 0 fully saturated rings. The van der Waals surface area contributed by atoms with E-state index in [0.29, 0.717) is 19.1 Å². The molecule has 2 atom stereocenters. The molecule has 0 aliphatic heterocycles. The van der Waals surface area contributed by atoms with Gasteiger partial charge in [-0.2, -0.15) is 0 Å². The average Bonchev–Trinajstić information content (AvgIpc) is 2.77. The lowest BCUT2D eigenvalue weighted by molar-refractivity contribution is -0.126. The normalized spacial score (nSPS) is 12.5. The van der Waals surface area contributed by atoms with Crippen LogP contribution < -0.4 is 10.6 Å². The van der Waals surface area contributed by atoms with Crippen LogP contribution in [0.5, 0.6) is 0 Å². The molecule has 1 aromatic heterocycles. The first-order valence-corrected chi connectivity index (χ1v) is 9.99. The minimum atomic E-state index is -0.866. The van der Waals surface area contributed by atoms with Gasteiger partial charge in [-0.1, -0.05) is 50.2 Å². The molecule has 2 aromatic rings. The van der Waals surface area contributed by atoms with Gasteiger partial charge in [-0.25, -0.2) is 9.78 Å². The Hall–Kier alpha value is -3.55. The third kappa shape index (κ3) is 7.33. The number of hydrogen-bond acceptors (Lipinski definition) is 6. The van der Waals surface area contributed by atoms with Crippen molar-refractivity contribution in [2.45, 2.75) is 38.8 Å². The molecule has 0 aliphatic rings. The van der Waals surface area contributed by atoms with Gasteiger partial charge in [0.2, 0.25) is 5.91 Å². The summed E-state index contributed by atoms with van der Waals surface area (Å²) in [6.45, 7) is 3.84. The van der Waals surface area contributed by atoms with Gasteiger partial charge < -0.3 is 20.2 Å². The molecule has 0 radical (unpaired) electrons. The summed E-state index contributed by atoms with van der Waals surface area (Å²) in [4.78, 5) is 52.7. The van der Waals surface area contributed by atoms with Crippen LogP contribution in [0.3, 0.4) is 0 Å². The number of carbonyl (C=O) groups is 4. The predicted molar refractivity (Wildman–Crippen MR) is 114 cm³/mol. The monoisotopic (exact) mass is 425 g/mol. The first-order valence-electron chi connectivity index (χ1n) is 9.99. The van der Waals surface area contributed by atoms with E-state index in [1.165, 1.54) is 25.3 Å². The lowest BCUT2D eigenvalue weighted by Gasteiger charge is -2.22. The topological polar surface area (TPSA) is 114 Å². The molecule has 0 aliphatic carbocycles. The lowest BCUT2D eigenvalue weighted by atomic mass is 10.0. The van der Waals surface area contributed by atoms with Crippen molar-refractivity contribution in [2.24, 2.45) is 5.92 Å². The molecular weight excluding hydrogens is 398 g/mol. The summed E-state index contributed by atoms with van der Waals surface area (Å²) in [5.74, 6) is -1.62. The Kier molecular flexibility index (Phi) is 8.87. The maximum absolute atomic E-state index is 12.8. The zero-order chi connectivity index (χ0) is 22.8. The maximum atomic E-state index is 12.8. The van der Waals surface area contributed by atoms with E-state index in [0.717, 1.165) is 5.56 Å². The first-order chi connectivity index (χ1) is 14.8. The highest BCUT2D eigenvalue weighted by molar-refractivity contribution is 5.97. The number of aromatic nitrogens is 1. The lowest BCUT2D eigenvalue weighted by Crippen LogP contribution is -2.51. The van der Waals surface area contributed by atoms with Crippen molar-refractivity contribution in [1.82, 2.24) is 15.6 Å². The smallest absolute Gasteiger partial charge is 0.356 e. The van der Waals surface area contributed by atoms with E-state index < -0.39 is 29.9 Å². The zero-order valence-corrected chi connectivity index (χ0v) is 17.8. The molecule has 0 saturated heterocycles. The number of esters is 1. The third-order valence-corrected chi connectivity index (χ3v) is 4.50. The number of aldehydes is 1. The fourth-order valence-electron chi connectivity index (χ4n) is 3.00. The van der Waals surface area contributed by atoms with Crippen molar-refractivity contribution in [2.75, 3.05) is 7.11 Å². The quantitative estimate of drug-likeness (QED) is 0.444. The second-order valence-corrected chi connectivity index (χ2v) is 7.50. The van der Waals surface area contributed by atoms with Crippen LogP contribution in [-0.2, 0) is 20.7 Å². The van der Waals surface area contributed by atoms with Gasteiger partial charge in [0.05, 0.1) is 13.2 Å². The zero-order valence-electron chi connectivity index (χ0n) is 17.8. The third-order valence-electron chi connectivity index (χ3n) is 4.50. The van der Waals surface area contributed by atoms with Crippen molar-refractivity contribution < 1.29 is 23.9 Å². The van der Waals surface area contributed by atoms with Gasteiger partial charge in [-0.3, -0.25) is 9.59 Å².